The van der Waals surface area contributed by atoms with Gasteiger partial charge >= 0.3 is 6.18 Å². The maximum Gasteiger partial charge on any atom is 0.433 e. The van der Waals surface area contributed by atoms with Gasteiger partial charge in [-0.15, -0.1) is 10.2 Å². The molecule has 10 atom stereocenters. The second kappa shape index (κ2) is 14.9. The highest BCUT2D eigenvalue weighted by molar-refractivity contribution is 5.92. The fourth-order valence-corrected chi connectivity index (χ4v) is 9.63. The van der Waals surface area contributed by atoms with Crippen LogP contribution >= 0.6 is 0 Å². The van der Waals surface area contributed by atoms with Crippen LogP contribution in [0.5, 0.6) is 17.5 Å². The molecule has 1 amide bonds. The molecule has 15 heteroatoms. The van der Waals surface area contributed by atoms with Gasteiger partial charge in [0.05, 0.1) is 11.7 Å². The number of hydrogen-bond acceptors (Lipinski definition) is 11. The zero-order chi connectivity index (χ0) is 38.4. The number of phenolic OH excluding ortho intramolecular Hbond substituents is 1. The number of rotatable bonds is 10. The lowest BCUT2D eigenvalue weighted by Crippen LogP contribution is -2.60. The third-order valence-electron chi connectivity index (χ3n) is 12.5. The van der Waals surface area contributed by atoms with Gasteiger partial charge in [-0.25, -0.2) is 4.98 Å². The van der Waals surface area contributed by atoms with E-state index in [2.05, 4.69) is 33.5 Å². The Kier molecular flexibility index (Phi) is 10.5. The molecule has 1 saturated heterocycles. The van der Waals surface area contributed by atoms with Crippen molar-refractivity contribution in [2.75, 3.05) is 13.2 Å². The number of nitrogens with zero attached hydrogens (tertiary/aromatic N) is 3. The van der Waals surface area contributed by atoms with E-state index in [0.29, 0.717) is 42.9 Å². The van der Waals surface area contributed by atoms with Crippen molar-refractivity contribution in [2.24, 2.45) is 17.3 Å². The second-order valence-corrected chi connectivity index (χ2v) is 15.6. The molecule has 292 valence electrons. The van der Waals surface area contributed by atoms with Crippen LogP contribution in [0.1, 0.15) is 92.0 Å². The standard InChI is InChI=1S/C39H47F3N4O8/c1-21-33(48)34(49)35(54-31-6-3-5-30(44-31)39(40,41)42)29(53-21)20-52-32-12-11-28(45-46-32)36(50)43-18-4-15-38(51)17-14-27-26-9-7-22-19-23(47)8-10-24(22)25(26)13-16-37(27,38)2/h3,5-6,8,10-12,19,21,25-27,29,33-35,47-49,51H,4,7,9,13-18,20H2,1-2H3,(H,43,50)/t21-,25-,26-,27+,29-,33+,34+,35+,37+,38+/m1/s1. The summed E-state index contributed by atoms with van der Waals surface area (Å²) >= 11 is 0. The molecule has 3 heterocycles. The first-order valence-corrected chi connectivity index (χ1v) is 18.7. The van der Waals surface area contributed by atoms with Gasteiger partial charge in [0.1, 0.15) is 36.4 Å². The minimum Gasteiger partial charge on any atom is -0.508 e. The van der Waals surface area contributed by atoms with Crippen LogP contribution in [-0.2, 0) is 17.3 Å². The molecule has 1 aliphatic heterocycles. The number of aryl methyl sites for hydroxylation is 1. The van der Waals surface area contributed by atoms with Gasteiger partial charge in [-0.3, -0.25) is 4.79 Å². The molecule has 0 bridgehead atoms. The van der Waals surface area contributed by atoms with E-state index < -0.39 is 59.8 Å². The van der Waals surface area contributed by atoms with Crippen LogP contribution in [-0.4, -0.2) is 90.8 Å². The van der Waals surface area contributed by atoms with Gasteiger partial charge in [0.25, 0.3) is 5.91 Å². The fraction of sp³-hybridized carbons (Fsp3) is 0.590. The normalized spacial score (nSPS) is 33.3. The molecule has 1 aromatic carbocycles. The quantitative estimate of drug-likeness (QED) is 0.181. The van der Waals surface area contributed by atoms with Crippen LogP contribution in [0.25, 0.3) is 0 Å². The zero-order valence-corrected chi connectivity index (χ0v) is 30.2. The monoisotopic (exact) mass is 756 g/mol. The Balaban J connectivity index is 0.901. The number of aromatic hydroxyl groups is 1. The number of halogens is 3. The van der Waals surface area contributed by atoms with E-state index in [9.17, 15) is 38.4 Å². The Bertz CT molecular complexity index is 1820. The number of fused-ring (bicyclic) bond motifs is 5. The SMILES string of the molecule is C[C@H]1O[C@H](COc2ccc(C(=O)NCCC[C@]3(O)CC[C@H]4[C@@H]5CCc6cc(O)ccc6[C@H]5CC[C@@]43C)nn2)[C@H](Oc2cccc(C(F)(F)F)n2)[C@@H](O)[C@H]1O. The summed E-state index contributed by atoms with van der Waals surface area (Å²) in [5.74, 6) is 0.860. The van der Waals surface area contributed by atoms with Crippen LogP contribution < -0.4 is 14.8 Å². The molecule has 5 N–H and O–H groups in total. The van der Waals surface area contributed by atoms with Crippen LogP contribution in [0.3, 0.4) is 0 Å². The van der Waals surface area contributed by atoms with Crippen LogP contribution in [0.2, 0.25) is 0 Å². The summed E-state index contributed by atoms with van der Waals surface area (Å²) in [6.45, 7) is 3.84. The van der Waals surface area contributed by atoms with E-state index in [0.717, 1.165) is 50.7 Å². The van der Waals surface area contributed by atoms with Gasteiger partial charge in [0, 0.05) is 18.7 Å². The number of carbonyl (C=O) groups excluding carboxylic acids is 1. The first kappa shape index (κ1) is 38.2. The largest absolute Gasteiger partial charge is 0.508 e. The second-order valence-electron chi connectivity index (χ2n) is 15.6. The van der Waals surface area contributed by atoms with E-state index >= 15 is 0 Å². The summed E-state index contributed by atoms with van der Waals surface area (Å²) < 4.78 is 56.6. The Labute approximate surface area is 311 Å². The van der Waals surface area contributed by atoms with Crippen molar-refractivity contribution >= 4 is 5.91 Å². The lowest BCUT2D eigenvalue weighted by Gasteiger charge is -2.53. The number of alkyl halides is 3. The number of aliphatic hydroxyl groups is 3. The molecule has 54 heavy (non-hydrogen) atoms. The molecular weight excluding hydrogens is 709 g/mol. The molecule has 12 nitrogen and oxygen atoms in total. The van der Waals surface area contributed by atoms with Crippen molar-refractivity contribution in [1.29, 1.82) is 0 Å². The Hall–Kier alpha value is -4.05. The van der Waals surface area contributed by atoms with E-state index in [-0.39, 0.29) is 23.6 Å². The number of benzene rings is 1. The fourth-order valence-electron chi connectivity index (χ4n) is 9.63. The number of amides is 1. The van der Waals surface area contributed by atoms with Crippen molar-refractivity contribution < 1.29 is 52.6 Å². The van der Waals surface area contributed by atoms with Crippen LogP contribution in [0.15, 0.2) is 48.5 Å². The maximum absolute atomic E-state index is 13.2. The van der Waals surface area contributed by atoms with E-state index in [1.165, 1.54) is 36.2 Å². The molecule has 3 fully saturated rings. The van der Waals surface area contributed by atoms with Crippen LogP contribution in [0.4, 0.5) is 13.2 Å². The Morgan fingerprint density at radius 1 is 1.04 bits per heavy atom. The molecule has 4 aliphatic rings. The first-order valence-electron chi connectivity index (χ1n) is 18.7. The number of pyridine rings is 1. The molecule has 3 aromatic rings. The van der Waals surface area contributed by atoms with Crippen molar-refractivity contribution in [1.82, 2.24) is 20.5 Å². The molecule has 7 rings (SSSR count). The number of ether oxygens (including phenoxy) is 3. The molecule has 3 aliphatic carbocycles. The molecule has 0 unspecified atom stereocenters. The van der Waals surface area contributed by atoms with Crippen LogP contribution in [0, 0.1) is 17.3 Å². The predicted molar refractivity (Wildman–Crippen MR) is 187 cm³/mol. The topological polar surface area (TPSA) is 176 Å². The molecule has 2 saturated carbocycles. The van der Waals surface area contributed by atoms with Gasteiger partial charge in [-0.2, -0.15) is 13.2 Å². The number of aliphatic hydroxyl groups excluding tert-OH is 2. The summed E-state index contributed by atoms with van der Waals surface area (Å²) in [5.41, 5.74) is 0.457. The lowest BCUT2D eigenvalue weighted by atomic mass is 9.53. The number of aromatic nitrogens is 3. The third kappa shape index (κ3) is 7.35. The molecule has 2 aromatic heterocycles. The summed E-state index contributed by atoms with van der Waals surface area (Å²) in [6, 6.07) is 11.7. The van der Waals surface area contributed by atoms with Gasteiger partial charge in [0.2, 0.25) is 11.8 Å². The number of hydrogen-bond donors (Lipinski definition) is 5. The van der Waals surface area contributed by atoms with Crippen molar-refractivity contribution in [3.05, 3.63) is 71.0 Å². The first-order chi connectivity index (χ1) is 25.7. The number of phenols is 1. The Morgan fingerprint density at radius 2 is 1.85 bits per heavy atom. The third-order valence-corrected chi connectivity index (χ3v) is 12.5. The molecular formula is C39H47F3N4O8. The van der Waals surface area contributed by atoms with Gasteiger partial charge < -0.3 is 40.0 Å². The highest BCUT2D eigenvalue weighted by Crippen LogP contribution is 2.65. The summed E-state index contributed by atoms with van der Waals surface area (Å²) in [4.78, 5) is 16.4. The maximum atomic E-state index is 13.2. The lowest BCUT2D eigenvalue weighted by molar-refractivity contribution is -0.216. The van der Waals surface area contributed by atoms with Gasteiger partial charge in [0.15, 0.2) is 11.8 Å². The summed E-state index contributed by atoms with van der Waals surface area (Å²) in [6.07, 6.45) is -4.02. The molecule has 0 spiro atoms. The summed E-state index contributed by atoms with van der Waals surface area (Å²) in [5, 5.41) is 53.9. The number of nitrogens with one attached hydrogen (secondary N) is 1. The number of carbonyl (C=O) groups is 1. The zero-order valence-electron chi connectivity index (χ0n) is 30.2. The highest BCUT2D eigenvalue weighted by Gasteiger charge is 2.61. The predicted octanol–water partition coefficient (Wildman–Crippen LogP) is 4.73. The average molecular weight is 757 g/mol. The van der Waals surface area contributed by atoms with Crippen molar-refractivity contribution in [3.63, 3.8) is 0 Å². The minimum absolute atomic E-state index is 0.0138. The Morgan fingerprint density at radius 3 is 2.61 bits per heavy atom. The smallest absolute Gasteiger partial charge is 0.433 e. The average Bonchev–Trinajstić information content (AvgIpc) is 3.42. The van der Waals surface area contributed by atoms with Gasteiger partial charge in [-0.1, -0.05) is 19.1 Å². The van der Waals surface area contributed by atoms with E-state index in [1.807, 2.05) is 6.07 Å². The van der Waals surface area contributed by atoms with E-state index in [4.69, 9.17) is 14.2 Å². The molecule has 0 radical (unpaired) electrons. The van der Waals surface area contributed by atoms with Crippen molar-refractivity contribution in [2.45, 2.75) is 113 Å². The highest BCUT2D eigenvalue weighted by atomic mass is 19.4. The van der Waals surface area contributed by atoms with E-state index in [1.54, 1.807) is 6.07 Å². The van der Waals surface area contributed by atoms with Gasteiger partial charge in [-0.05, 0) is 117 Å². The minimum atomic E-state index is -4.71. The van der Waals surface area contributed by atoms with Crippen molar-refractivity contribution in [3.8, 4) is 17.5 Å². The summed E-state index contributed by atoms with van der Waals surface area (Å²) in [7, 11) is 0.